The first-order valence-electron chi connectivity index (χ1n) is 17.1. The molecule has 0 aromatic carbocycles. The molecular weight excluding hydrogens is 459 g/mol. The van der Waals surface area contributed by atoms with Crippen molar-refractivity contribution in [2.75, 3.05) is 0 Å². The molecule has 6 rings (SSSR count). The average Bonchev–Trinajstić information content (AvgIpc) is 3.60. The van der Waals surface area contributed by atoms with Gasteiger partial charge in [-0.15, -0.1) is 0 Å². The molecule has 0 amide bonds. The Labute approximate surface area is 234 Å². The van der Waals surface area contributed by atoms with Crippen LogP contribution < -0.4 is 0 Å². The van der Waals surface area contributed by atoms with E-state index < -0.39 is 14.1 Å². The van der Waals surface area contributed by atoms with Crippen molar-refractivity contribution in [2.24, 2.45) is 53.3 Å². The van der Waals surface area contributed by atoms with Crippen molar-refractivity contribution in [3.05, 3.63) is 36.5 Å². The molecule has 0 radical (unpaired) electrons. The average molecular weight is 517 g/mol. The van der Waals surface area contributed by atoms with Crippen molar-refractivity contribution in [1.82, 2.24) is 0 Å². The lowest BCUT2D eigenvalue weighted by Crippen LogP contribution is -2.26. The minimum Gasteiger partial charge on any atom is -0.0996 e. The molecule has 0 heterocycles. The van der Waals surface area contributed by atoms with Gasteiger partial charge in [0.15, 0.2) is 0 Å². The summed E-state index contributed by atoms with van der Waals surface area (Å²) in [5, 5.41) is 5.01. The molecule has 0 bridgehead atoms. The number of hydrogen-bond acceptors (Lipinski definition) is 0. The standard InChI is InChI=1S/3C12H19.Al/c2*1-3-10-5-7-12-9(2)4-6-11(12)8-10;1-3-10-5-7-11-6-4-9(2)12(11)8-10;/h3*10-12H,1-8H2;. The summed E-state index contributed by atoms with van der Waals surface area (Å²) >= 11 is -0.633. The summed E-state index contributed by atoms with van der Waals surface area (Å²) in [6.45, 7) is 13.3. The van der Waals surface area contributed by atoms with Gasteiger partial charge >= 0.3 is 0 Å². The molecule has 6 aliphatic rings. The Morgan fingerprint density at radius 2 is 0.892 bits per heavy atom. The fourth-order valence-corrected chi connectivity index (χ4v) is 14.6. The van der Waals surface area contributed by atoms with Crippen LogP contribution >= 0.6 is 0 Å². The Morgan fingerprint density at radius 1 is 0.459 bits per heavy atom. The molecule has 0 spiro atoms. The lowest BCUT2D eigenvalue weighted by Gasteiger charge is -2.34. The van der Waals surface area contributed by atoms with Gasteiger partial charge in [-0.05, 0) is 143 Å². The van der Waals surface area contributed by atoms with Crippen LogP contribution in [0.3, 0.4) is 0 Å². The SMILES string of the molecule is C=C1CCC2CC(C[CH2][Al]([CH2]CC3CCC4C(=C)CCC4C3)[CH2]CC3CCC4CCC(=C)C4C3)CCC12. The number of allylic oxidation sites excluding steroid dienone is 3. The molecule has 37 heavy (non-hydrogen) atoms. The smallest absolute Gasteiger partial charge is 0.0996 e. The molecule has 0 aromatic rings. The lowest BCUT2D eigenvalue weighted by atomic mass is 9.74. The second kappa shape index (κ2) is 12.1. The van der Waals surface area contributed by atoms with E-state index in [1.807, 2.05) is 0 Å². The summed E-state index contributed by atoms with van der Waals surface area (Å²) in [7, 11) is 0. The summed E-state index contributed by atoms with van der Waals surface area (Å²) in [4.78, 5) is 0. The van der Waals surface area contributed by atoms with Gasteiger partial charge in [0, 0.05) is 0 Å². The van der Waals surface area contributed by atoms with Crippen molar-refractivity contribution in [3.8, 4) is 0 Å². The van der Waals surface area contributed by atoms with E-state index in [1.165, 1.54) is 77.0 Å². The number of hydrogen-bond donors (Lipinski definition) is 0. The molecule has 0 saturated heterocycles. The van der Waals surface area contributed by atoms with Gasteiger partial charge < -0.3 is 0 Å². The predicted octanol–water partition coefficient (Wildman–Crippen LogP) is 10.8. The third-order valence-electron chi connectivity index (χ3n) is 13.3. The Hall–Kier alpha value is -0.248. The number of rotatable bonds is 9. The zero-order chi connectivity index (χ0) is 25.4. The molecule has 0 aromatic heterocycles. The van der Waals surface area contributed by atoms with Gasteiger partial charge in [-0.3, -0.25) is 0 Å². The van der Waals surface area contributed by atoms with Crippen LogP contribution in [-0.2, 0) is 0 Å². The highest BCUT2D eigenvalue weighted by Gasteiger charge is 2.39. The molecule has 6 saturated carbocycles. The predicted molar refractivity (Wildman–Crippen MR) is 162 cm³/mol. The van der Waals surface area contributed by atoms with Crippen LogP contribution in [0.15, 0.2) is 36.5 Å². The Balaban J connectivity index is 1.01. The van der Waals surface area contributed by atoms with Crippen molar-refractivity contribution in [1.29, 1.82) is 0 Å². The topological polar surface area (TPSA) is 0 Å². The maximum absolute atomic E-state index is 4.48. The number of fused-ring (bicyclic) bond motifs is 3. The monoisotopic (exact) mass is 516 g/mol. The van der Waals surface area contributed by atoms with Gasteiger partial charge in [0.25, 0.3) is 14.1 Å². The normalized spacial score (nSPS) is 41.5. The van der Waals surface area contributed by atoms with E-state index in [2.05, 4.69) is 19.7 Å². The second-order valence-electron chi connectivity index (χ2n) is 15.3. The van der Waals surface area contributed by atoms with E-state index in [0.29, 0.717) is 0 Å². The van der Waals surface area contributed by atoms with Gasteiger partial charge in [-0.25, -0.2) is 0 Å². The van der Waals surface area contributed by atoms with Gasteiger partial charge in [0.1, 0.15) is 0 Å². The van der Waals surface area contributed by atoms with Gasteiger partial charge in [-0.2, -0.15) is 0 Å². The lowest BCUT2D eigenvalue weighted by molar-refractivity contribution is 0.218. The summed E-state index contributed by atoms with van der Waals surface area (Å²) in [6, 6.07) is 0. The van der Waals surface area contributed by atoms with Crippen LogP contribution in [0.1, 0.15) is 116 Å². The minimum absolute atomic E-state index is 0.633. The molecule has 204 valence electrons. The highest BCUT2D eigenvalue weighted by molar-refractivity contribution is 6.58. The van der Waals surface area contributed by atoms with Crippen LogP contribution in [0, 0.1) is 53.3 Å². The first-order chi connectivity index (χ1) is 18.0. The fraction of sp³-hybridized carbons (Fsp3) is 0.833. The molecule has 1 heteroatoms. The van der Waals surface area contributed by atoms with Crippen molar-refractivity contribution < 1.29 is 0 Å². The van der Waals surface area contributed by atoms with Crippen molar-refractivity contribution >= 4 is 14.1 Å². The molecule has 0 aliphatic heterocycles. The van der Waals surface area contributed by atoms with E-state index in [1.54, 1.807) is 71.1 Å². The Bertz CT molecular complexity index is 792. The molecule has 0 N–H and O–H groups in total. The van der Waals surface area contributed by atoms with Gasteiger partial charge in [0.2, 0.25) is 0 Å². The summed E-state index contributed by atoms with van der Waals surface area (Å²) < 4.78 is 0. The van der Waals surface area contributed by atoms with E-state index in [4.69, 9.17) is 0 Å². The van der Waals surface area contributed by atoms with Gasteiger partial charge in [0.05, 0.1) is 0 Å². The maximum Gasteiger partial charge on any atom is 0.261 e. The van der Waals surface area contributed by atoms with E-state index >= 15 is 0 Å². The van der Waals surface area contributed by atoms with Crippen LogP contribution in [0.5, 0.6) is 0 Å². The zero-order valence-corrected chi connectivity index (χ0v) is 25.4. The van der Waals surface area contributed by atoms with E-state index in [0.717, 1.165) is 53.3 Å². The fourth-order valence-electron chi connectivity index (χ4n) is 10.9. The molecule has 6 fully saturated rings. The zero-order valence-electron chi connectivity index (χ0n) is 24.2. The van der Waals surface area contributed by atoms with E-state index in [9.17, 15) is 0 Å². The Kier molecular flexibility index (Phi) is 8.81. The summed E-state index contributed by atoms with van der Waals surface area (Å²) in [5.74, 6) is 8.91. The maximum atomic E-state index is 4.48. The molecule has 9 atom stereocenters. The first-order valence-corrected chi connectivity index (χ1v) is 19.5. The highest BCUT2D eigenvalue weighted by atomic mass is 27.2. The van der Waals surface area contributed by atoms with Crippen LogP contribution in [-0.4, -0.2) is 14.1 Å². The third kappa shape index (κ3) is 6.25. The van der Waals surface area contributed by atoms with E-state index in [-0.39, 0.29) is 0 Å². The molecule has 0 nitrogen and oxygen atoms in total. The van der Waals surface area contributed by atoms with Gasteiger partial charge in [-0.1, -0.05) is 78.0 Å². The van der Waals surface area contributed by atoms with Crippen molar-refractivity contribution in [3.63, 3.8) is 0 Å². The molecule has 6 aliphatic carbocycles. The molecular formula is C36H57Al. The highest BCUT2D eigenvalue weighted by Crippen LogP contribution is 2.50. The third-order valence-corrected chi connectivity index (χ3v) is 16.8. The first kappa shape index (κ1) is 26.9. The largest absolute Gasteiger partial charge is 0.261 e. The van der Waals surface area contributed by atoms with Crippen LogP contribution in [0.4, 0.5) is 0 Å². The summed E-state index contributed by atoms with van der Waals surface area (Å²) in [5.41, 5.74) is 4.84. The van der Waals surface area contributed by atoms with Crippen LogP contribution in [0.25, 0.3) is 0 Å². The quantitative estimate of drug-likeness (QED) is 0.211. The molecule has 9 unspecified atom stereocenters. The second-order valence-corrected chi connectivity index (χ2v) is 18.8. The summed E-state index contributed by atoms with van der Waals surface area (Å²) in [6.07, 6.45) is 26.8. The van der Waals surface area contributed by atoms with Crippen LogP contribution in [0.2, 0.25) is 15.8 Å². The van der Waals surface area contributed by atoms with Crippen molar-refractivity contribution in [2.45, 2.75) is 131 Å². The minimum atomic E-state index is -0.633. The Morgan fingerprint density at radius 3 is 1.43 bits per heavy atom.